The topological polar surface area (TPSA) is 70.3 Å². The Morgan fingerprint density at radius 3 is 2.20 bits per heavy atom. The molecule has 3 N–H and O–H groups in total. The molecule has 0 radical (unpaired) electrons. The quantitative estimate of drug-likeness (QED) is 0.645. The maximum Gasteiger partial charge on any atom is 0.229 e. The predicted molar refractivity (Wildman–Crippen MR) is 126 cm³/mol. The summed E-state index contributed by atoms with van der Waals surface area (Å²) in [6.07, 6.45) is 0. The number of benzene rings is 2. The fraction of sp³-hybridized carbons (Fsp3) is 0.304. The van der Waals surface area contributed by atoms with Gasteiger partial charge < -0.3 is 20.9 Å². The number of likely N-dealkylation sites (N-methyl/N-ethyl adjacent to an activating group) is 1. The molecule has 2 heterocycles. The lowest BCUT2D eigenvalue weighted by molar-refractivity contribution is 0.311. The molecule has 0 amide bonds. The van der Waals surface area contributed by atoms with Gasteiger partial charge in [-0.25, -0.2) is 0 Å². The molecule has 1 aliphatic heterocycles. The van der Waals surface area contributed by atoms with Crippen LogP contribution in [0, 0.1) is 13.8 Å². The number of hydrogen-bond donors (Lipinski definition) is 2. The molecular formula is C23H27ClN6. The maximum atomic E-state index is 6.49. The average molecular weight is 423 g/mol. The highest BCUT2D eigenvalue weighted by atomic mass is 35.5. The number of nitrogens with one attached hydrogen (secondary N) is 1. The van der Waals surface area contributed by atoms with Gasteiger partial charge in [0, 0.05) is 36.9 Å². The molecular weight excluding hydrogens is 396 g/mol. The summed E-state index contributed by atoms with van der Waals surface area (Å²) < 4.78 is 0. The van der Waals surface area contributed by atoms with Crippen LogP contribution in [0.2, 0.25) is 5.02 Å². The molecule has 6 nitrogen and oxygen atoms in total. The zero-order valence-electron chi connectivity index (χ0n) is 17.6. The fourth-order valence-electron chi connectivity index (χ4n) is 3.74. The molecule has 0 spiro atoms. The van der Waals surface area contributed by atoms with E-state index in [4.69, 9.17) is 22.3 Å². The molecule has 1 fully saturated rings. The van der Waals surface area contributed by atoms with Crippen molar-refractivity contribution < 1.29 is 0 Å². The Bertz CT molecular complexity index is 1020. The van der Waals surface area contributed by atoms with Gasteiger partial charge in [0.1, 0.15) is 11.6 Å². The summed E-state index contributed by atoms with van der Waals surface area (Å²) in [7, 11) is 2.13. The first-order valence-corrected chi connectivity index (χ1v) is 10.5. The van der Waals surface area contributed by atoms with Crippen molar-refractivity contribution in [2.45, 2.75) is 13.8 Å². The van der Waals surface area contributed by atoms with Crippen LogP contribution in [0.4, 0.5) is 23.3 Å². The Labute approximate surface area is 182 Å². The molecule has 0 aliphatic carbocycles. The zero-order valence-corrected chi connectivity index (χ0v) is 18.4. The van der Waals surface area contributed by atoms with Gasteiger partial charge >= 0.3 is 0 Å². The highest BCUT2D eigenvalue weighted by molar-refractivity contribution is 6.30. The molecule has 0 unspecified atom stereocenters. The van der Waals surface area contributed by atoms with Crippen molar-refractivity contribution in [3.63, 3.8) is 0 Å². The van der Waals surface area contributed by atoms with Crippen LogP contribution in [-0.2, 0) is 0 Å². The zero-order chi connectivity index (χ0) is 21.3. The Morgan fingerprint density at radius 2 is 1.57 bits per heavy atom. The van der Waals surface area contributed by atoms with Gasteiger partial charge in [0.25, 0.3) is 0 Å². The average Bonchev–Trinajstić information content (AvgIpc) is 2.72. The van der Waals surface area contributed by atoms with E-state index in [-0.39, 0.29) is 0 Å². The van der Waals surface area contributed by atoms with Crippen LogP contribution in [0.15, 0.2) is 42.5 Å². The summed E-state index contributed by atoms with van der Waals surface area (Å²) in [5.41, 5.74) is 11.5. The molecule has 1 aliphatic rings. The molecule has 2 aromatic carbocycles. The summed E-state index contributed by atoms with van der Waals surface area (Å²) in [5.74, 6) is 1.82. The van der Waals surface area contributed by atoms with E-state index in [0.29, 0.717) is 22.6 Å². The second-order valence-corrected chi connectivity index (χ2v) is 8.26. The van der Waals surface area contributed by atoms with Gasteiger partial charge in [-0.2, -0.15) is 9.97 Å². The number of nitrogens with two attached hydrogens (primary N) is 1. The third-order valence-corrected chi connectivity index (χ3v) is 5.82. The van der Waals surface area contributed by atoms with Gasteiger partial charge in [-0.3, -0.25) is 0 Å². The molecule has 0 bridgehead atoms. The lowest BCUT2D eigenvalue weighted by Gasteiger charge is -2.33. The van der Waals surface area contributed by atoms with E-state index in [9.17, 15) is 0 Å². The highest BCUT2D eigenvalue weighted by Crippen LogP contribution is 2.36. The number of nitrogens with zero attached hydrogens (tertiary/aromatic N) is 4. The number of halogens is 1. The number of hydrogen-bond acceptors (Lipinski definition) is 6. The molecule has 156 valence electrons. The second-order valence-electron chi connectivity index (χ2n) is 7.82. The summed E-state index contributed by atoms with van der Waals surface area (Å²) in [6.45, 7) is 7.87. The molecule has 3 aromatic rings. The number of anilines is 4. The first-order chi connectivity index (χ1) is 14.4. The van der Waals surface area contributed by atoms with Crippen molar-refractivity contribution in [1.29, 1.82) is 0 Å². The molecule has 0 atom stereocenters. The van der Waals surface area contributed by atoms with Gasteiger partial charge in [0.2, 0.25) is 5.95 Å². The highest BCUT2D eigenvalue weighted by Gasteiger charge is 2.21. The lowest BCUT2D eigenvalue weighted by atomic mass is 10.1. The summed E-state index contributed by atoms with van der Waals surface area (Å²) in [5, 5.41) is 4.23. The van der Waals surface area contributed by atoms with E-state index in [0.717, 1.165) is 54.1 Å². The van der Waals surface area contributed by atoms with Crippen LogP contribution in [0.1, 0.15) is 11.1 Å². The van der Waals surface area contributed by atoms with Crippen LogP contribution in [0.5, 0.6) is 0 Å². The molecule has 1 aromatic heterocycles. The number of para-hydroxylation sites is 1. The standard InChI is InChI=1S/C23H27ClN6/c1-15-5-4-6-16(2)20(15)26-22-19(17-7-9-18(24)10-8-17)21(25)27-23(28-22)30-13-11-29(3)12-14-30/h4-10H,11-14H2,1-3H3,(H3,25,26,27,28). The Hall–Kier alpha value is -2.83. The lowest BCUT2D eigenvalue weighted by Crippen LogP contribution is -2.45. The van der Waals surface area contributed by atoms with Crippen LogP contribution in [0.3, 0.4) is 0 Å². The number of rotatable bonds is 4. The number of piperazine rings is 1. The Balaban J connectivity index is 1.81. The van der Waals surface area contributed by atoms with E-state index < -0.39 is 0 Å². The van der Waals surface area contributed by atoms with Crippen molar-refractivity contribution in [1.82, 2.24) is 14.9 Å². The minimum atomic E-state index is 0.454. The number of nitrogen functional groups attached to an aromatic ring is 1. The maximum absolute atomic E-state index is 6.49. The smallest absolute Gasteiger partial charge is 0.229 e. The van der Waals surface area contributed by atoms with Crippen LogP contribution >= 0.6 is 11.6 Å². The van der Waals surface area contributed by atoms with Gasteiger partial charge in [-0.05, 0) is 49.7 Å². The van der Waals surface area contributed by atoms with Crippen molar-refractivity contribution in [2.24, 2.45) is 0 Å². The van der Waals surface area contributed by atoms with Crippen molar-refractivity contribution in [2.75, 3.05) is 49.2 Å². The van der Waals surface area contributed by atoms with E-state index >= 15 is 0 Å². The SMILES string of the molecule is Cc1cccc(C)c1Nc1nc(N2CCN(C)CC2)nc(N)c1-c1ccc(Cl)cc1. The van der Waals surface area contributed by atoms with Gasteiger partial charge in [0.05, 0.1) is 5.56 Å². The molecule has 4 rings (SSSR count). The summed E-state index contributed by atoms with van der Waals surface area (Å²) >= 11 is 6.10. The summed E-state index contributed by atoms with van der Waals surface area (Å²) in [4.78, 5) is 14.1. The monoisotopic (exact) mass is 422 g/mol. The molecule has 30 heavy (non-hydrogen) atoms. The second kappa shape index (κ2) is 8.50. The minimum Gasteiger partial charge on any atom is -0.383 e. The van der Waals surface area contributed by atoms with E-state index in [1.165, 1.54) is 0 Å². The Morgan fingerprint density at radius 1 is 0.933 bits per heavy atom. The first-order valence-electron chi connectivity index (χ1n) is 10.1. The normalized spacial score (nSPS) is 14.7. The van der Waals surface area contributed by atoms with Crippen LogP contribution in [-0.4, -0.2) is 48.1 Å². The molecule has 7 heteroatoms. The number of aromatic nitrogens is 2. The van der Waals surface area contributed by atoms with E-state index in [1.807, 2.05) is 24.3 Å². The fourth-order valence-corrected chi connectivity index (χ4v) is 3.86. The third-order valence-electron chi connectivity index (χ3n) is 5.57. The molecule has 0 saturated carbocycles. The van der Waals surface area contributed by atoms with Crippen molar-refractivity contribution in [3.05, 3.63) is 58.6 Å². The van der Waals surface area contributed by atoms with Crippen molar-refractivity contribution >= 4 is 34.9 Å². The first kappa shape index (κ1) is 20.4. The predicted octanol–water partition coefficient (Wildman–Crippen LogP) is 4.49. The van der Waals surface area contributed by atoms with Crippen LogP contribution < -0.4 is 16.0 Å². The third kappa shape index (κ3) is 4.20. The van der Waals surface area contributed by atoms with Gasteiger partial charge in [-0.1, -0.05) is 41.9 Å². The van der Waals surface area contributed by atoms with Gasteiger partial charge in [-0.15, -0.1) is 0 Å². The minimum absolute atomic E-state index is 0.454. The number of aryl methyl sites for hydroxylation is 2. The van der Waals surface area contributed by atoms with Crippen LogP contribution in [0.25, 0.3) is 11.1 Å². The summed E-state index contributed by atoms with van der Waals surface area (Å²) in [6, 6.07) is 13.8. The van der Waals surface area contributed by atoms with Gasteiger partial charge in [0.15, 0.2) is 0 Å². The molecule has 1 saturated heterocycles. The Kier molecular flexibility index (Phi) is 5.79. The van der Waals surface area contributed by atoms with E-state index in [1.54, 1.807) is 0 Å². The largest absolute Gasteiger partial charge is 0.383 e. The van der Waals surface area contributed by atoms with E-state index in [2.05, 4.69) is 59.2 Å². The van der Waals surface area contributed by atoms with Crippen molar-refractivity contribution in [3.8, 4) is 11.1 Å².